The minimum atomic E-state index is -0.211. The number of phenols is 1. The number of aromatic amines is 1. The van der Waals surface area contributed by atoms with Gasteiger partial charge in [-0.1, -0.05) is 29.8 Å². The van der Waals surface area contributed by atoms with Crippen molar-refractivity contribution in [3.8, 4) is 22.6 Å². The van der Waals surface area contributed by atoms with E-state index in [2.05, 4.69) is 26.6 Å². The van der Waals surface area contributed by atoms with Gasteiger partial charge in [-0.25, -0.2) is 0 Å². The SMILES string of the molecule is COc1cc(C2Nc3ccccc3-c3cnnc4[nH]cc2c34)cc(Cl)c1O. The van der Waals surface area contributed by atoms with E-state index in [1.165, 1.54) is 7.11 Å². The van der Waals surface area contributed by atoms with Crippen molar-refractivity contribution in [1.82, 2.24) is 15.2 Å². The second-order valence-electron chi connectivity index (χ2n) is 6.40. The lowest BCUT2D eigenvalue weighted by Crippen LogP contribution is -2.11. The molecule has 3 heterocycles. The Morgan fingerprint density at radius 3 is 2.89 bits per heavy atom. The van der Waals surface area contributed by atoms with Crippen LogP contribution in [-0.2, 0) is 0 Å². The highest BCUT2D eigenvalue weighted by molar-refractivity contribution is 6.32. The zero-order valence-electron chi connectivity index (χ0n) is 14.3. The minimum Gasteiger partial charge on any atom is -0.503 e. The summed E-state index contributed by atoms with van der Waals surface area (Å²) in [7, 11) is 1.50. The van der Waals surface area contributed by atoms with E-state index in [0.29, 0.717) is 5.75 Å². The quantitative estimate of drug-likeness (QED) is 0.478. The average Bonchev–Trinajstić information content (AvgIpc) is 3.06. The Balaban J connectivity index is 1.81. The molecule has 0 bridgehead atoms. The molecule has 1 unspecified atom stereocenters. The number of methoxy groups -OCH3 is 1. The molecule has 0 spiro atoms. The van der Waals surface area contributed by atoms with Gasteiger partial charge in [-0.05, 0) is 23.8 Å². The number of nitrogens with one attached hydrogen (secondary N) is 2. The Morgan fingerprint density at radius 1 is 1.19 bits per heavy atom. The molecule has 0 fully saturated rings. The number of hydrogen-bond donors (Lipinski definition) is 3. The van der Waals surface area contributed by atoms with Crippen LogP contribution in [0.5, 0.6) is 11.5 Å². The Hall–Kier alpha value is -3.25. The molecule has 4 aromatic rings. The number of para-hydroxylation sites is 1. The lowest BCUT2D eigenvalue weighted by Gasteiger charge is -2.21. The number of fused-ring (bicyclic) bond motifs is 2. The summed E-state index contributed by atoms with van der Waals surface area (Å²) in [6.07, 6.45) is 3.71. The highest BCUT2D eigenvalue weighted by Gasteiger charge is 2.27. The van der Waals surface area contributed by atoms with Gasteiger partial charge in [0.25, 0.3) is 0 Å². The molecule has 0 saturated heterocycles. The van der Waals surface area contributed by atoms with Crippen molar-refractivity contribution in [3.05, 3.63) is 64.9 Å². The van der Waals surface area contributed by atoms with E-state index in [1.807, 2.05) is 24.4 Å². The van der Waals surface area contributed by atoms with Crippen LogP contribution < -0.4 is 10.1 Å². The van der Waals surface area contributed by atoms with Crippen molar-refractivity contribution in [2.45, 2.75) is 6.04 Å². The Morgan fingerprint density at radius 2 is 2.04 bits per heavy atom. The lowest BCUT2D eigenvalue weighted by atomic mass is 9.97. The number of anilines is 1. The molecule has 1 atom stereocenters. The van der Waals surface area contributed by atoms with Crippen molar-refractivity contribution in [3.63, 3.8) is 0 Å². The monoisotopic (exact) mass is 378 g/mol. The molecule has 0 saturated carbocycles. The first kappa shape index (κ1) is 16.0. The van der Waals surface area contributed by atoms with Crippen LogP contribution in [0.15, 0.2) is 48.8 Å². The molecule has 27 heavy (non-hydrogen) atoms. The molecule has 3 N–H and O–H groups in total. The summed E-state index contributed by atoms with van der Waals surface area (Å²) < 4.78 is 5.29. The Bertz CT molecular complexity index is 1190. The summed E-state index contributed by atoms with van der Waals surface area (Å²) in [6, 6.07) is 11.4. The number of benzene rings is 2. The molecular weight excluding hydrogens is 364 g/mol. The fraction of sp³-hybridized carbons (Fsp3) is 0.100. The highest BCUT2D eigenvalue weighted by atomic mass is 35.5. The van der Waals surface area contributed by atoms with Crippen molar-refractivity contribution in [2.24, 2.45) is 0 Å². The predicted octanol–water partition coefficient (Wildman–Crippen LogP) is 4.51. The molecule has 0 aliphatic carbocycles. The molecule has 134 valence electrons. The highest BCUT2D eigenvalue weighted by Crippen LogP contribution is 2.45. The molecule has 2 aromatic carbocycles. The van der Waals surface area contributed by atoms with E-state index in [9.17, 15) is 5.11 Å². The van der Waals surface area contributed by atoms with E-state index in [4.69, 9.17) is 16.3 Å². The van der Waals surface area contributed by atoms with Gasteiger partial charge in [-0.2, -0.15) is 5.10 Å². The van der Waals surface area contributed by atoms with E-state index in [-0.39, 0.29) is 16.8 Å². The fourth-order valence-corrected chi connectivity index (χ4v) is 3.91. The smallest absolute Gasteiger partial charge is 0.176 e. The topological polar surface area (TPSA) is 83.1 Å². The van der Waals surface area contributed by atoms with Crippen LogP contribution in [-0.4, -0.2) is 27.4 Å². The van der Waals surface area contributed by atoms with Crippen LogP contribution in [0.3, 0.4) is 0 Å². The maximum absolute atomic E-state index is 10.1. The zero-order valence-corrected chi connectivity index (χ0v) is 15.1. The Kier molecular flexibility index (Phi) is 3.48. The van der Waals surface area contributed by atoms with Gasteiger partial charge in [0.15, 0.2) is 17.1 Å². The second kappa shape index (κ2) is 5.89. The summed E-state index contributed by atoms with van der Waals surface area (Å²) >= 11 is 6.25. The third-order valence-corrected chi connectivity index (χ3v) is 5.22. The molecule has 0 radical (unpaired) electrons. The summed E-state index contributed by atoms with van der Waals surface area (Å²) in [5, 5.41) is 23.3. The molecule has 1 aliphatic heterocycles. The van der Waals surface area contributed by atoms with Gasteiger partial charge in [-0.15, -0.1) is 5.10 Å². The molecule has 7 heteroatoms. The van der Waals surface area contributed by atoms with Gasteiger partial charge in [0, 0.05) is 34.0 Å². The summed E-state index contributed by atoms with van der Waals surface area (Å²) in [5.41, 5.74) is 5.67. The van der Waals surface area contributed by atoms with Crippen LogP contribution in [0.1, 0.15) is 17.2 Å². The summed E-state index contributed by atoms with van der Waals surface area (Å²) in [6.45, 7) is 0. The largest absolute Gasteiger partial charge is 0.503 e. The number of aromatic nitrogens is 3. The number of phenolic OH excluding ortho intramolecular Hbond substituents is 1. The number of H-pyrrole nitrogens is 1. The van der Waals surface area contributed by atoms with E-state index >= 15 is 0 Å². The molecule has 1 aliphatic rings. The molecule has 2 aromatic heterocycles. The first-order valence-electron chi connectivity index (χ1n) is 8.42. The van der Waals surface area contributed by atoms with Gasteiger partial charge >= 0.3 is 0 Å². The van der Waals surface area contributed by atoms with Gasteiger partial charge in [0.05, 0.1) is 24.4 Å². The number of ether oxygens (including phenoxy) is 1. The van der Waals surface area contributed by atoms with Crippen molar-refractivity contribution in [1.29, 1.82) is 0 Å². The van der Waals surface area contributed by atoms with Gasteiger partial charge < -0.3 is 20.1 Å². The first-order valence-corrected chi connectivity index (χ1v) is 8.80. The van der Waals surface area contributed by atoms with Crippen LogP contribution >= 0.6 is 11.6 Å². The third-order valence-electron chi connectivity index (χ3n) is 4.94. The minimum absolute atomic E-state index is 0.0672. The van der Waals surface area contributed by atoms with Crippen molar-refractivity contribution >= 4 is 28.3 Å². The standard InChI is InChI=1S/C20H15ClN4O2/c1-27-16-7-10(6-14(21)19(16)26)18-13-8-22-20-17(13)12(9-23-25-20)11-4-2-3-5-15(11)24-18/h2-9,18,24,26H,1H3,(H,22,25). The maximum atomic E-state index is 10.1. The van der Waals surface area contributed by atoms with Crippen LogP contribution in [0, 0.1) is 0 Å². The third kappa shape index (κ3) is 2.34. The first-order chi connectivity index (χ1) is 13.2. The van der Waals surface area contributed by atoms with Crippen molar-refractivity contribution < 1.29 is 9.84 Å². The number of rotatable bonds is 2. The molecule has 5 rings (SSSR count). The predicted molar refractivity (Wildman–Crippen MR) is 104 cm³/mol. The van der Waals surface area contributed by atoms with Crippen LogP contribution in [0.2, 0.25) is 5.02 Å². The number of aromatic hydroxyl groups is 1. The summed E-state index contributed by atoms with van der Waals surface area (Å²) in [4.78, 5) is 3.21. The summed E-state index contributed by atoms with van der Waals surface area (Å²) in [5.74, 6) is 0.263. The van der Waals surface area contributed by atoms with Crippen LogP contribution in [0.4, 0.5) is 5.69 Å². The van der Waals surface area contributed by atoms with Gasteiger partial charge in [0.1, 0.15) is 0 Å². The van der Waals surface area contributed by atoms with E-state index in [0.717, 1.165) is 39.0 Å². The molecular formula is C20H15ClN4O2. The molecule has 0 amide bonds. The van der Waals surface area contributed by atoms with Gasteiger partial charge in [0.2, 0.25) is 0 Å². The van der Waals surface area contributed by atoms with Crippen molar-refractivity contribution in [2.75, 3.05) is 12.4 Å². The maximum Gasteiger partial charge on any atom is 0.176 e. The fourth-order valence-electron chi connectivity index (χ4n) is 3.69. The van der Waals surface area contributed by atoms with Gasteiger partial charge in [-0.3, -0.25) is 0 Å². The lowest BCUT2D eigenvalue weighted by molar-refractivity contribution is 0.373. The normalized spacial score (nSPS) is 15.1. The second-order valence-corrected chi connectivity index (χ2v) is 6.81. The number of hydrogen-bond acceptors (Lipinski definition) is 5. The average molecular weight is 379 g/mol. The van der Waals surface area contributed by atoms with Crippen LogP contribution in [0.25, 0.3) is 22.2 Å². The van der Waals surface area contributed by atoms with E-state index < -0.39 is 0 Å². The number of halogens is 1. The Labute approximate surface area is 159 Å². The zero-order chi connectivity index (χ0) is 18.5. The molecule has 6 nitrogen and oxygen atoms in total. The number of nitrogens with zero attached hydrogens (tertiary/aromatic N) is 2. The van der Waals surface area contributed by atoms with E-state index in [1.54, 1.807) is 18.3 Å².